The van der Waals surface area contributed by atoms with E-state index in [-0.39, 0.29) is 17.2 Å². The number of nitrogens with zero attached hydrogens (tertiary/aromatic N) is 1. The highest BCUT2D eigenvalue weighted by atomic mass is 16.6. The van der Waals surface area contributed by atoms with Gasteiger partial charge in [0.05, 0.1) is 10.5 Å². The molecule has 0 atom stereocenters. The summed E-state index contributed by atoms with van der Waals surface area (Å²) in [4.78, 5) is 23.2. The van der Waals surface area contributed by atoms with E-state index in [1.807, 2.05) is 12.1 Å². The summed E-state index contributed by atoms with van der Waals surface area (Å²) in [5, 5.41) is 16.8. The number of amides is 1. The van der Waals surface area contributed by atoms with E-state index in [1.165, 1.54) is 29.7 Å². The van der Waals surface area contributed by atoms with Crippen molar-refractivity contribution in [3.63, 3.8) is 0 Å². The highest BCUT2D eigenvalue weighted by Crippen LogP contribution is 2.29. The van der Waals surface area contributed by atoms with Crippen LogP contribution >= 0.6 is 0 Å². The van der Waals surface area contributed by atoms with Gasteiger partial charge in [0.2, 0.25) is 0 Å². The molecule has 0 fully saturated rings. The van der Waals surface area contributed by atoms with Gasteiger partial charge >= 0.3 is 0 Å². The fourth-order valence-electron chi connectivity index (χ4n) is 3.14. The third kappa shape index (κ3) is 3.08. The third-order valence-electron chi connectivity index (χ3n) is 4.37. The molecular formula is C18H19N3O3. The largest absolute Gasteiger partial charge is 0.387 e. The fourth-order valence-corrected chi connectivity index (χ4v) is 3.14. The maximum absolute atomic E-state index is 12.7. The van der Waals surface area contributed by atoms with Crippen molar-refractivity contribution in [2.24, 2.45) is 0 Å². The molecule has 0 aromatic heterocycles. The van der Waals surface area contributed by atoms with Gasteiger partial charge in [0.25, 0.3) is 11.6 Å². The van der Waals surface area contributed by atoms with Crippen LogP contribution in [0.2, 0.25) is 0 Å². The summed E-state index contributed by atoms with van der Waals surface area (Å²) in [6.45, 7) is 0. The molecule has 2 aromatic rings. The fraction of sp³-hybridized carbons (Fsp3) is 0.278. The van der Waals surface area contributed by atoms with Crippen LogP contribution in [0.15, 0.2) is 36.4 Å². The molecular weight excluding hydrogens is 306 g/mol. The second-order valence-electron chi connectivity index (χ2n) is 5.84. The van der Waals surface area contributed by atoms with Crippen LogP contribution in [0.5, 0.6) is 0 Å². The molecule has 1 aliphatic carbocycles. The van der Waals surface area contributed by atoms with E-state index < -0.39 is 4.92 Å². The van der Waals surface area contributed by atoms with Crippen LogP contribution in [0.25, 0.3) is 0 Å². The minimum absolute atomic E-state index is 0.103. The summed E-state index contributed by atoms with van der Waals surface area (Å²) in [5.41, 5.74) is 3.96. The molecule has 0 unspecified atom stereocenters. The molecule has 0 spiro atoms. The number of rotatable bonds is 4. The number of non-ortho nitro benzene ring substituents is 1. The van der Waals surface area contributed by atoms with Crippen molar-refractivity contribution in [2.75, 3.05) is 17.7 Å². The molecule has 0 saturated carbocycles. The number of carbonyl (C=O) groups is 1. The molecule has 24 heavy (non-hydrogen) atoms. The second-order valence-corrected chi connectivity index (χ2v) is 5.84. The van der Waals surface area contributed by atoms with Gasteiger partial charge < -0.3 is 10.6 Å². The number of hydrogen-bond acceptors (Lipinski definition) is 4. The van der Waals surface area contributed by atoms with Gasteiger partial charge in [-0.05, 0) is 48.9 Å². The molecule has 1 amide bonds. The lowest BCUT2D eigenvalue weighted by atomic mass is 9.90. The van der Waals surface area contributed by atoms with Crippen LogP contribution in [-0.4, -0.2) is 17.9 Å². The molecule has 0 heterocycles. The molecule has 0 aliphatic heterocycles. The first-order valence-electron chi connectivity index (χ1n) is 7.98. The molecule has 124 valence electrons. The zero-order valence-corrected chi connectivity index (χ0v) is 13.5. The lowest BCUT2D eigenvalue weighted by molar-refractivity contribution is -0.384. The summed E-state index contributed by atoms with van der Waals surface area (Å²) in [5.74, 6) is -0.345. The van der Waals surface area contributed by atoms with Crippen LogP contribution < -0.4 is 10.6 Å². The molecule has 6 heteroatoms. The Kier molecular flexibility index (Phi) is 4.46. The Labute approximate surface area is 140 Å². The highest BCUT2D eigenvalue weighted by molar-refractivity contribution is 6.08. The first-order chi connectivity index (χ1) is 11.6. The standard InChI is InChI=1S/C18H19N3O3/c1-19-16-10-9-13(21(23)24)11-15(16)18(22)20-17-8-4-6-12-5-2-3-7-14(12)17/h4,6,8-11,19H,2-3,5,7H2,1H3,(H,20,22). The van der Waals surface area contributed by atoms with Gasteiger partial charge in [-0.1, -0.05) is 12.1 Å². The second kappa shape index (κ2) is 6.70. The van der Waals surface area contributed by atoms with Gasteiger partial charge in [-0.25, -0.2) is 0 Å². The Morgan fingerprint density at radius 1 is 1.12 bits per heavy atom. The summed E-state index contributed by atoms with van der Waals surface area (Å²) < 4.78 is 0. The van der Waals surface area contributed by atoms with Gasteiger partial charge in [0, 0.05) is 30.6 Å². The van der Waals surface area contributed by atoms with E-state index in [0.717, 1.165) is 24.9 Å². The molecule has 0 saturated heterocycles. The molecule has 1 aliphatic rings. The Hall–Kier alpha value is -2.89. The Morgan fingerprint density at radius 2 is 1.92 bits per heavy atom. The zero-order valence-electron chi connectivity index (χ0n) is 13.5. The average Bonchev–Trinajstić information content (AvgIpc) is 2.61. The maximum Gasteiger partial charge on any atom is 0.270 e. The normalized spacial score (nSPS) is 13.0. The highest BCUT2D eigenvalue weighted by Gasteiger charge is 2.19. The summed E-state index contributed by atoms with van der Waals surface area (Å²) >= 11 is 0. The minimum Gasteiger partial charge on any atom is -0.387 e. The van der Waals surface area contributed by atoms with Gasteiger partial charge in [-0.2, -0.15) is 0 Å². The quantitative estimate of drug-likeness (QED) is 0.662. The van der Waals surface area contributed by atoms with Crippen molar-refractivity contribution in [3.05, 3.63) is 63.2 Å². The predicted octanol–water partition coefficient (Wildman–Crippen LogP) is 3.77. The number of carbonyl (C=O) groups excluding carboxylic acids is 1. The Bertz CT molecular complexity index is 802. The summed E-state index contributed by atoms with van der Waals surface area (Å²) in [6.07, 6.45) is 4.24. The first-order valence-corrected chi connectivity index (χ1v) is 7.98. The summed E-state index contributed by atoms with van der Waals surface area (Å²) in [6, 6.07) is 10.2. The average molecular weight is 325 g/mol. The Balaban J connectivity index is 1.93. The first kappa shape index (κ1) is 16.0. The number of fused-ring (bicyclic) bond motifs is 1. The third-order valence-corrected chi connectivity index (χ3v) is 4.37. The van der Waals surface area contributed by atoms with Crippen molar-refractivity contribution in [2.45, 2.75) is 25.7 Å². The van der Waals surface area contributed by atoms with Gasteiger partial charge in [0.1, 0.15) is 0 Å². The zero-order chi connectivity index (χ0) is 17.1. The van der Waals surface area contributed by atoms with Crippen molar-refractivity contribution in [3.8, 4) is 0 Å². The van der Waals surface area contributed by atoms with Crippen molar-refractivity contribution in [1.29, 1.82) is 0 Å². The number of nitro benzene ring substituents is 1. The van der Waals surface area contributed by atoms with E-state index in [4.69, 9.17) is 0 Å². The smallest absolute Gasteiger partial charge is 0.270 e. The van der Waals surface area contributed by atoms with E-state index in [2.05, 4.69) is 16.7 Å². The molecule has 2 N–H and O–H groups in total. The minimum atomic E-state index is -0.499. The van der Waals surface area contributed by atoms with E-state index in [0.29, 0.717) is 5.69 Å². The lowest BCUT2D eigenvalue weighted by Gasteiger charge is -2.20. The predicted molar refractivity (Wildman–Crippen MR) is 93.7 cm³/mol. The topological polar surface area (TPSA) is 84.3 Å². The van der Waals surface area contributed by atoms with Crippen LogP contribution in [0.1, 0.15) is 34.3 Å². The lowest BCUT2D eigenvalue weighted by Crippen LogP contribution is -2.17. The number of hydrogen-bond donors (Lipinski definition) is 2. The van der Waals surface area contributed by atoms with Crippen molar-refractivity contribution in [1.82, 2.24) is 0 Å². The van der Waals surface area contributed by atoms with Crippen LogP contribution in [0.3, 0.4) is 0 Å². The number of nitro groups is 1. The van der Waals surface area contributed by atoms with Gasteiger partial charge in [-0.15, -0.1) is 0 Å². The molecule has 0 radical (unpaired) electrons. The molecule has 2 aromatic carbocycles. The van der Waals surface area contributed by atoms with Crippen molar-refractivity contribution < 1.29 is 9.72 Å². The molecule has 3 rings (SSSR count). The van der Waals surface area contributed by atoms with E-state index in [1.54, 1.807) is 13.1 Å². The SMILES string of the molecule is CNc1ccc([N+](=O)[O-])cc1C(=O)Nc1cccc2c1CCCC2. The number of nitrogens with one attached hydrogen (secondary N) is 2. The van der Waals surface area contributed by atoms with Gasteiger partial charge in [-0.3, -0.25) is 14.9 Å². The van der Waals surface area contributed by atoms with E-state index >= 15 is 0 Å². The van der Waals surface area contributed by atoms with Crippen molar-refractivity contribution >= 4 is 23.0 Å². The summed E-state index contributed by atoms with van der Waals surface area (Å²) in [7, 11) is 1.68. The number of aryl methyl sites for hydroxylation is 1. The molecule has 0 bridgehead atoms. The van der Waals surface area contributed by atoms with Crippen LogP contribution in [0, 0.1) is 10.1 Å². The Morgan fingerprint density at radius 3 is 2.67 bits per heavy atom. The van der Waals surface area contributed by atoms with Crippen LogP contribution in [0.4, 0.5) is 17.1 Å². The number of benzene rings is 2. The molecule has 6 nitrogen and oxygen atoms in total. The number of anilines is 2. The van der Waals surface area contributed by atoms with Crippen LogP contribution in [-0.2, 0) is 12.8 Å². The maximum atomic E-state index is 12.7. The van der Waals surface area contributed by atoms with Gasteiger partial charge in [0.15, 0.2) is 0 Å². The monoisotopic (exact) mass is 325 g/mol. The van der Waals surface area contributed by atoms with E-state index in [9.17, 15) is 14.9 Å².